The zero-order valence-corrected chi connectivity index (χ0v) is 12.0. The van der Waals surface area contributed by atoms with Crippen molar-refractivity contribution in [2.24, 2.45) is 0 Å². The molecule has 0 fully saturated rings. The summed E-state index contributed by atoms with van der Waals surface area (Å²) in [6.07, 6.45) is 0.203. The summed E-state index contributed by atoms with van der Waals surface area (Å²) in [4.78, 5) is 11.7. The van der Waals surface area contributed by atoms with Crippen molar-refractivity contribution in [3.05, 3.63) is 0 Å². The zero-order valence-electron chi connectivity index (χ0n) is 10.4. The molecule has 96 valence electrons. The molecule has 0 aliphatic heterocycles. The minimum atomic E-state index is -0.430. The van der Waals surface area contributed by atoms with Crippen LogP contribution in [0, 0.1) is 0 Å². The fourth-order valence-corrected chi connectivity index (χ4v) is 3.13. The van der Waals surface area contributed by atoms with Crippen LogP contribution in [0.2, 0.25) is 0 Å². The topological polar surface area (TPSA) is 64.1 Å². The van der Waals surface area contributed by atoms with E-state index in [1.807, 2.05) is 6.92 Å². The van der Waals surface area contributed by atoms with Gasteiger partial charge in [0.05, 0.1) is 0 Å². The summed E-state index contributed by atoms with van der Waals surface area (Å²) < 4.78 is 5.91. The molecule has 1 aromatic rings. The summed E-state index contributed by atoms with van der Waals surface area (Å²) >= 11 is 3.01. The maximum absolute atomic E-state index is 11.7. The molecule has 1 rings (SSSR count). The maximum atomic E-state index is 11.7. The van der Waals surface area contributed by atoms with Crippen LogP contribution in [-0.4, -0.2) is 34.6 Å². The molecule has 0 saturated carbocycles. The van der Waals surface area contributed by atoms with E-state index < -0.39 is 6.10 Å². The monoisotopic (exact) mass is 275 g/mol. The van der Waals surface area contributed by atoms with Gasteiger partial charge < -0.3 is 4.74 Å². The van der Waals surface area contributed by atoms with Gasteiger partial charge in [0, 0.05) is 12.4 Å². The fourth-order valence-electron chi connectivity index (χ4n) is 1.15. The van der Waals surface area contributed by atoms with Gasteiger partial charge >= 0.3 is 0 Å². The minimum Gasteiger partial charge on any atom is -0.372 e. The first-order valence-electron chi connectivity index (χ1n) is 5.40. The molecule has 1 aromatic heterocycles. The molecule has 7 heteroatoms. The molecule has 0 aliphatic carbocycles. The number of ether oxygens (including phenoxy) is 1. The van der Waals surface area contributed by atoms with Gasteiger partial charge in [-0.1, -0.05) is 43.9 Å². The Kier molecular flexibility index (Phi) is 5.87. The van der Waals surface area contributed by atoms with Crippen LogP contribution >= 0.6 is 23.1 Å². The molecule has 1 N–H and O–H groups in total. The van der Waals surface area contributed by atoms with Gasteiger partial charge in [-0.05, 0) is 6.42 Å². The molecule has 1 unspecified atom stereocenters. The Morgan fingerprint density at radius 2 is 2.24 bits per heavy atom. The fraction of sp³-hybridized carbons (Fsp3) is 0.700. The number of anilines is 1. The highest BCUT2D eigenvalue weighted by atomic mass is 32.2. The van der Waals surface area contributed by atoms with Crippen molar-refractivity contribution in [2.45, 2.75) is 42.9 Å². The van der Waals surface area contributed by atoms with E-state index in [1.54, 1.807) is 11.8 Å². The molecule has 1 heterocycles. The average molecular weight is 275 g/mol. The van der Waals surface area contributed by atoms with Crippen molar-refractivity contribution >= 4 is 34.1 Å². The second kappa shape index (κ2) is 6.93. The van der Waals surface area contributed by atoms with Crippen molar-refractivity contribution in [1.29, 1.82) is 0 Å². The average Bonchev–Trinajstić information content (AvgIpc) is 2.66. The summed E-state index contributed by atoms with van der Waals surface area (Å²) in [6.45, 7) is 6.07. The van der Waals surface area contributed by atoms with Crippen molar-refractivity contribution in [2.75, 3.05) is 12.4 Å². The largest absolute Gasteiger partial charge is 0.372 e. The lowest BCUT2D eigenvalue weighted by atomic mass is 10.2. The Bertz CT molecular complexity index is 364. The van der Waals surface area contributed by atoms with E-state index in [0.29, 0.717) is 16.8 Å². The number of carbonyl (C=O) groups is 1. The molecule has 1 amide bonds. The highest BCUT2D eigenvalue weighted by Crippen LogP contribution is 2.28. The standard InChI is InChI=1S/C10H17N3O2S2/c1-5-7(15-4)8(14)11-9-12-13-10(17-9)16-6(2)3/h6-7H,5H2,1-4H3,(H,11,12,14). The lowest BCUT2D eigenvalue weighted by molar-refractivity contribution is -0.125. The van der Waals surface area contributed by atoms with E-state index in [2.05, 4.69) is 29.4 Å². The molecule has 0 saturated heterocycles. The van der Waals surface area contributed by atoms with E-state index in [4.69, 9.17) is 4.74 Å². The van der Waals surface area contributed by atoms with E-state index in [0.717, 1.165) is 4.34 Å². The second-order valence-corrected chi connectivity index (χ2v) is 6.46. The number of methoxy groups -OCH3 is 1. The Hall–Kier alpha value is -0.660. The number of nitrogens with one attached hydrogen (secondary N) is 1. The van der Waals surface area contributed by atoms with Crippen LogP contribution in [0.5, 0.6) is 0 Å². The maximum Gasteiger partial charge on any atom is 0.255 e. The van der Waals surface area contributed by atoms with Crippen LogP contribution in [0.25, 0.3) is 0 Å². The van der Waals surface area contributed by atoms with Crippen LogP contribution in [0.15, 0.2) is 4.34 Å². The molecular weight excluding hydrogens is 258 g/mol. The van der Waals surface area contributed by atoms with Crippen molar-refractivity contribution in [3.63, 3.8) is 0 Å². The van der Waals surface area contributed by atoms with Crippen LogP contribution in [0.4, 0.5) is 5.13 Å². The SMILES string of the molecule is CCC(OC)C(=O)Nc1nnc(SC(C)C)s1. The summed E-state index contributed by atoms with van der Waals surface area (Å²) in [6, 6.07) is 0. The number of hydrogen-bond acceptors (Lipinski definition) is 6. The number of rotatable bonds is 6. The third kappa shape index (κ3) is 4.61. The normalized spacial score (nSPS) is 12.8. The number of thioether (sulfide) groups is 1. The van der Waals surface area contributed by atoms with Gasteiger partial charge in [0.25, 0.3) is 5.91 Å². The number of hydrogen-bond donors (Lipinski definition) is 1. The van der Waals surface area contributed by atoms with Gasteiger partial charge in [-0.2, -0.15) is 0 Å². The Morgan fingerprint density at radius 3 is 2.76 bits per heavy atom. The molecule has 0 aliphatic rings. The Morgan fingerprint density at radius 1 is 1.53 bits per heavy atom. The third-order valence-electron chi connectivity index (χ3n) is 1.92. The predicted octanol–water partition coefficient (Wildman–Crippen LogP) is 2.40. The van der Waals surface area contributed by atoms with Gasteiger partial charge in [0.15, 0.2) is 4.34 Å². The van der Waals surface area contributed by atoms with Crippen molar-refractivity contribution < 1.29 is 9.53 Å². The summed E-state index contributed by atoms with van der Waals surface area (Å²) in [7, 11) is 1.52. The van der Waals surface area contributed by atoms with Crippen molar-refractivity contribution in [1.82, 2.24) is 10.2 Å². The van der Waals surface area contributed by atoms with Gasteiger partial charge in [0.1, 0.15) is 6.10 Å². The molecule has 17 heavy (non-hydrogen) atoms. The molecule has 5 nitrogen and oxygen atoms in total. The Labute approximate surface area is 109 Å². The molecular formula is C10H17N3O2S2. The van der Waals surface area contributed by atoms with E-state index in [-0.39, 0.29) is 5.91 Å². The molecule has 0 spiro atoms. The molecule has 0 aromatic carbocycles. The van der Waals surface area contributed by atoms with E-state index >= 15 is 0 Å². The van der Waals surface area contributed by atoms with Gasteiger partial charge in [0.2, 0.25) is 5.13 Å². The first-order chi connectivity index (χ1) is 8.06. The predicted molar refractivity (Wildman–Crippen MR) is 70.6 cm³/mol. The highest BCUT2D eigenvalue weighted by Gasteiger charge is 2.17. The van der Waals surface area contributed by atoms with Gasteiger partial charge in [-0.3, -0.25) is 10.1 Å². The minimum absolute atomic E-state index is 0.174. The number of carbonyl (C=O) groups excluding carboxylic acids is 1. The Balaban J connectivity index is 2.57. The first kappa shape index (κ1) is 14.4. The number of amides is 1. The summed E-state index contributed by atoms with van der Waals surface area (Å²) in [5, 5.41) is 11.6. The van der Waals surface area contributed by atoms with Gasteiger partial charge in [-0.25, -0.2) is 0 Å². The lowest BCUT2D eigenvalue weighted by Crippen LogP contribution is -2.28. The lowest BCUT2D eigenvalue weighted by Gasteiger charge is -2.10. The molecule has 1 atom stereocenters. The van der Waals surface area contributed by atoms with Gasteiger partial charge in [-0.15, -0.1) is 10.2 Å². The van der Waals surface area contributed by atoms with Crippen LogP contribution in [0.3, 0.4) is 0 Å². The summed E-state index contributed by atoms with van der Waals surface area (Å²) in [5.74, 6) is -0.174. The zero-order chi connectivity index (χ0) is 12.8. The van der Waals surface area contributed by atoms with Crippen LogP contribution in [0.1, 0.15) is 27.2 Å². The summed E-state index contributed by atoms with van der Waals surface area (Å²) in [5.41, 5.74) is 0. The van der Waals surface area contributed by atoms with Crippen LogP contribution < -0.4 is 5.32 Å². The number of nitrogens with zero attached hydrogens (tertiary/aromatic N) is 2. The third-order valence-corrected chi connectivity index (χ3v) is 3.85. The number of aromatic nitrogens is 2. The van der Waals surface area contributed by atoms with E-state index in [1.165, 1.54) is 18.4 Å². The van der Waals surface area contributed by atoms with Crippen molar-refractivity contribution in [3.8, 4) is 0 Å². The molecule has 0 radical (unpaired) electrons. The molecule has 0 bridgehead atoms. The smallest absolute Gasteiger partial charge is 0.255 e. The van der Waals surface area contributed by atoms with E-state index in [9.17, 15) is 4.79 Å². The second-order valence-electron chi connectivity index (χ2n) is 3.66. The quantitative estimate of drug-likeness (QED) is 0.638. The highest BCUT2D eigenvalue weighted by molar-refractivity contribution is 8.01. The van der Waals surface area contributed by atoms with Crippen LogP contribution in [-0.2, 0) is 9.53 Å². The first-order valence-corrected chi connectivity index (χ1v) is 7.10.